The number of rotatable bonds is 2. The van der Waals surface area contributed by atoms with E-state index in [0.717, 1.165) is 25.2 Å². The molecule has 2 nitrogen and oxygen atoms in total. The van der Waals surface area contributed by atoms with Crippen LogP contribution in [-0.4, -0.2) is 35.7 Å². The van der Waals surface area contributed by atoms with Gasteiger partial charge in [0, 0.05) is 0 Å². The third-order valence-corrected chi connectivity index (χ3v) is 4.29. The van der Waals surface area contributed by atoms with E-state index < -0.39 is 0 Å². The topological polar surface area (TPSA) is 23.5 Å². The van der Waals surface area contributed by atoms with E-state index in [9.17, 15) is 5.11 Å². The van der Waals surface area contributed by atoms with Crippen LogP contribution in [0.5, 0.6) is 0 Å². The summed E-state index contributed by atoms with van der Waals surface area (Å²) in [5.41, 5.74) is -0.293. The normalized spacial score (nSPS) is 29.2. The molecular formula is C13H25NO. The fourth-order valence-corrected chi connectivity index (χ4v) is 3.22. The number of hydrogen-bond donors (Lipinski definition) is 1. The van der Waals surface area contributed by atoms with Crippen LogP contribution in [0.1, 0.15) is 51.4 Å². The largest absolute Gasteiger partial charge is 0.390 e. The van der Waals surface area contributed by atoms with E-state index in [0.29, 0.717) is 0 Å². The average molecular weight is 211 g/mol. The lowest BCUT2D eigenvalue weighted by Gasteiger charge is -2.38. The molecule has 2 rings (SSSR count). The molecule has 0 aromatic heterocycles. The van der Waals surface area contributed by atoms with Crippen molar-refractivity contribution < 1.29 is 5.11 Å². The molecule has 2 aliphatic rings. The zero-order chi connectivity index (χ0) is 10.7. The van der Waals surface area contributed by atoms with E-state index in [1.807, 2.05) is 0 Å². The molecule has 2 heteroatoms. The van der Waals surface area contributed by atoms with Gasteiger partial charge in [0.15, 0.2) is 0 Å². The van der Waals surface area contributed by atoms with Crippen molar-refractivity contribution in [2.24, 2.45) is 5.92 Å². The maximum atomic E-state index is 10.5. The predicted octanol–water partition coefficient (Wildman–Crippen LogP) is 2.41. The van der Waals surface area contributed by atoms with Crippen LogP contribution in [0.25, 0.3) is 0 Å². The molecule has 88 valence electrons. The smallest absolute Gasteiger partial charge is 0.0650 e. The Balaban J connectivity index is 1.80. The summed E-state index contributed by atoms with van der Waals surface area (Å²) in [6, 6.07) is 0. The summed E-state index contributed by atoms with van der Waals surface area (Å²) >= 11 is 0. The highest BCUT2D eigenvalue weighted by molar-refractivity contribution is 4.86. The molecule has 0 aromatic carbocycles. The van der Waals surface area contributed by atoms with Crippen LogP contribution in [0.3, 0.4) is 0 Å². The van der Waals surface area contributed by atoms with Crippen LogP contribution in [0.2, 0.25) is 0 Å². The highest BCUT2D eigenvalue weighted by atomic mass is 16.3. The van der Waals surface area contributed by atoms with E-state index in [1.54, 1.807) is 0 Å². The van der Waals surface area contributed by atoms with Crippen molar-refractivity contribution in [2.75, 3.05) is 20.1 Å². The molecule has 1 aliphatic heterocycles. The number of likely N-dealkylation sites (tertiary alicyclic amines) is 1. The lowest BCUT2D eigenvalue weighted by atomic mass is 9.76. The molecule has 0 atom stereocenters. The molecule has 15 heavy (non-hydrogen) atoms. The molecule has 0 unspecified atom stereocenters. The highest BCUT2D eigenvalue weighted by Gasteiger charge is 2.32. The lowest BCUT2D eigenvalue weighted by molar-refractivity contribution is -0.0244. The van der Waals surface area contributed by atoms with Crippen molar-refractivity contribution in [3.8, 4) is 0 Å². The van der Waals surface area contributed by atoms with Crippen LogP contribution in [-0.2, 0) is 0 Å². The second kappa shape index (κ2) is 4.84. The summed E-state index contributed by atoms with van der Waals surface area (Å²) < 4.78 is 0. The molecule has 1 N–H and O–H groups in total. The highest BCUT2D eigenvalue weighted by Crippen LogP contribution is 2.36. The van der Waals surface area contributed by atoms with Gasteiger partial charge in [0.25, 0.3) is 0 Å². The van der Waals surface area contributed by atoms with Gasteiger partial charge < -0.3 is 10.0 Å². The lowest BCUT2D eigenvalue weighted by Crippen LogP contribution is -2.38. The third kappa shape index (κ3) is 3.18. The first-order valence-electron chi connectivity index (χ1n) is 6.59. The minimum absolute atomic E-state index is 0.293. The molecular weight excluding hydrogens is 186 g/mol. The van der Waals surface area contributed by atoms with Crippen LogP contribution in [0.15, 0.2) is 0 Å². The van der Waals surface area contributed by atoms with Gasteiger partial charge in [-0.1, -0.05) is 19.3 Å². The van der Waals surface area contributed by atoms with Gasteiger partial charge in [0.2, 0.25) is 0 Å². The monoisotopic (exact) mass is 211 g/mol. The van der Waals surface area contributed by atoms with Gasteiger partial charge in [-0.15, -0.1) is 0 Å². The number of hydrogen-bond acceptors (Lipinski definition) is 2. The number of nitrogens with zero attached hydrogens (tertiary/aromatic N) is 1. The van der Waals surface area contributed by atoms with E-state index in [1.165, 1.54) is 45.2 Å². The van der Waals surface area contributed by atoms with E-state index in [2.05, 4.69) is 11.9 Å². The molecule has 1 saturated carbocycles. The minimum Gasteiger partial charge on any atom is -0.390 e. The van der Waals surface area contributed by atoms with Crippen molar-refractivity contribution in [3.05, 3.63) is 0 Å². The van der Waals surface area contributed by atoms with Crippen molar-refractivity contribution in [1.29, 1.82) is 0 Å². The van der Waals surface area contributed by atoms with Gasteiger partial charge >= 0.3 is 0 Å². The fraction of sp³-hybridized carbons (Fsp3) is 1.00. The summed E-state index contributed by atoms with van der Waals surface area (Å²) in [4.78, 5) is 2.40. The standard InChI is InChI=1S/C13H25NO/c1-14-9-5-12(6-10-14)11-13(15)7-3-2-4-8-13/h12,15H,2-11H2,1H3. The summed E-state index contributed by atoms with van der Waals surface area (Å²) in [6.07, 6.45) is 9.57. The maximum absolute atomic E-state index is 10.5. The molecule has 0 radical (unpaired) electrons. The van der Waals surface area contributed by atoms with Gasteiger partial charge in [-0.05, 0) is 58.2 Å². The van der Waals surface area contributed by atoms with E-state index in [-0.39, 0.29) is 5.60 Å². The second-order valence-corrected chi connectivity index (χ2v) is 5.74. The van der Waals surface area contributed by atoms with Gasteiger partial charge in [-0.3, -0.25) is 0 Å². The Bertz CT molecular complexity index is 191. The molecule has 0 spiro atoms. The summed E-state index contributed by atoms with van der Waals surface area (Å²) in [5, 5.41) is 10.5. The third-order valence-electron chi connectivity index (χ3n) is 4.29. The Labute approximate surface area is 93.7 Å². The van der Waals surface area contributed by atoms with Crippen molar-refractivity contribution in [3.63, 3.8) is 0 Å². The molecule has 0 bridgehead atoms. The zero-order valence-electron chi connectivity index (χ0n) is 10.0. The van der Waals surface area contributed by atoms with Crippen molar-refractivity contribution in [1.82, 2.24) is 4.90 Å². The summed E-state index contributed by atoms with van der Waals surface area (Å²) in [5.74, 6) is 0.782. The molecule has 2 fully saturated rings. The predicted molar refractivity (Wildman–Crippen MR) is 62.9 cm³/mol. The average Bonchev–Trinajstić information content (AvgIpc) is 2.22. The van der Waals surface area contributed by atoms with Gasteiger partial charge in [-0.25, -0.2) is 0 Å². The summed E-state index contributed by atoms with van der Waals surface area (Å²) in [7, 11) is 2.20. The van der Waals surface area contributed by atoms with Crippen LogP contribution in [0.4, 0.5) is 0 Å². The van der Waals surface area contributed by atoms with Gasteiger partial charge in [0.05, 0.1) is 5.60 Å². The van der Waals surface area contributed by atoms with Crippen molar-refractivity contribution in [2.45, 2.75) is 57.0 Å². The van der Waals surface area contributed by atoms with Gasteiger partial charge in [-0.2, -0.15) is 0 Å². The Kier molecular flexibility index (Phi) is 3.68. The number of piperidine rings is 1. The van der Waals surface area contributed by atoms with E-state index in [4.69, 9.17) is 0 Å². The van der Waals surface area contributed by atoms with Crippen LogP contribution < -0.4 is 0 Å². The SMILES string of the molecule is CN1CCC(CC2(O)CCCCC2)CC1. The second-order valence-electron chi connectivity index (χ2n) is 5.74. The molecule has 0 amide bonds. The Morgan fingerprint density at radius 1 is 1.13 bits per heavy atom. The molecule has 0 aromatic rings. The maximum Gasteiger partial charge on any atom is 0.0650 e. The molecule has 1 aliphatic carbocycles. The molecule has 1 heterocycles. The zero-order valence-corrected chi connectivity index (χ0v) is 10.0. The first-order chi connectivity index (χ1) is 7.18. The Morgan fingerprint density at radius 2 is 1.73 bits per heavy atom. The summed E-state index contributed by atoms with van der Waals surface area (Å²) in [6.45, 7) is 2.45. The van der Waals surface area contributed by atoms with Gasteiger partial charge in [0.1, 0.15) is 0 Å². The quantitative estimate of drug-likeness (QED) is 0.758. The van der Waals surface area contributed by atoms with Crippen LogP contribution in [0, 0.1) is 5.92 Å². The number of aliphatic hydroxyl groups is 1. The minimum atomic E-state index is -0.293. The fourth-order valence-electron chi connectivity index (χ4n) is 3.22. The Morgan fingerprint density at radius 3 is 2.33 bits per heavy atom. The molecule has 1 saturated heterocycles. The Hall–Kier alpha value is -0.0800. The van der Waals surface area contributed by atoms with Crippen molar-refractivity contribution >= 4 is 0 Å². The first-order valence-corrected chi connectivity index (χ1v) is 6.59. The first kappa shape index (κ1) is 11.4. The van der Waals surface area contributed by atoms with E-state index >= 15 is 0 Å². The van der Waals surface area contributed by atoms with Crippen LogP contribution >= 0.6 is 0 Å².